The average Bonchev–Trinajstić information content (AvgIpc) is 2.16. The molecule has 1 heterocycles. The summed E-state index contributed by atoms with van der Waals surface area (Å²) >= 11 is 0. The normalized spacial score (nSPS) is 10.4. The zero-order valence-electron chi connectivity index (χ0n) is 7.77. The van der Waals surface area contributed by atoms with Crippen molar-refractivity contribution in [2.24, 2.45) is 7.05 Å². The molecule has 1 aromatic carbocycles. The lowest BCUT2D eigenvalue weighted by Gasteiger charge is -1.97. The molecule has 0 unspecified atom stereocenters. The van der Waals surface area contributed by atoms with Gasteiger partial charge in [0.15, 0.2) is 6.20 Å². The summed E-state index contributed by atoms with van der Waals surface area (Å²) in [6, 6.07) is 9.37. The van der Waals surface area contributed by atoms with Crippen LogP contribution in [0.15, 0.2) is 36.5 Å². The minimum Gasteiger partial charge on any atom is -0.473 e. The molecule has 0 radical (unpaired) electrons. The third-order valence-corrected chi connectivity index (χ3v) is 2.22. The van der Waals surface area contributed by atoms with Crippen molar-refractivity contribution in [3.63, 3.8) is 0 Å². The molecule has 0 amide bonds. The van der Waals surface area contributed by atoms with Crippen LogP contribution in [0.4, 0.5) is 0 Å². The van der Waals surface area contributed by atoms with Gasteiger partial charge in [-0.3, -0.25) is 0 Å². The van der Waals surface area contributed by atoms with Crippen molar-refractivity contribution in [3.05, 3.63) is 42.2 Å². The Bertz CT molecular complexity index is 506. The third-order valence-electron chi connectivity index (χ3n) is 2.22. The molecule has 1 aromatic heterocycles. The topological polar surface area (TPSA) is 41.2 Å². The van der Waals surface area contributed by atoms with E-state index >= 15 is 0 Å². The van der Waals surface area contributed by atoms with E-state index in [1.807, 2.05) is 30.5 Å². The highest BCUT2D eigenvalue weighted by atomic mass is 16.4. The van der Waals surface area contributed by atoms with E-state index < -0.39 is 5.97 Å². The Morgan fingerprint density at radius 1 is 1.29 bits per heavy atom. The molecule has 1 N–H and O–H groups in total. The van der Waals surface area contributed by atoms with E-state index in [1.54, 1.807) is 17.7 Å². The first kappa shape index (κ1) is 8.69. The zero-order chi connectivity index (χ0) is 10.1. The van der Waals surface area contributed by atoms with E-state index in [4.69, 9.17) is 5.11 Å². The Balaban J connectivity index is 2.77. The second-order valence-electron chi connectivity index (χ2n) is 3.20. The fraction of sp³-hybridized carbons (Fsp3) is 0.0909. The van der Waals surface area contributed by atoms with Crippen LogP contribution in [0.2, 0.25) is 0 Å². The monoisotopic (exact) mass is 188 g/mol. The van der Waals surface area contributed by atoms with Gasteiger partial charge in [0.1, 0.15) is 7.05 Å². The molecule has 0 bridgehead atoms. The Hall–Kier alpha value is -1.90. The Morgan fingerprint density at radius 2 is 1.93 bits per heavy atom. The summed E-state index contributed by atoms with van der Waals surface area (Å²) in [6.07, 6.45) is 1.82. The highest BCUT2D eigenvalue weighted by Crippen LogP contribution is 2.11. The van der Waals surface area contributed by atoms with Gasteiger partial charge in [-0.15, -0.1) is 0 Å². The Morgan fingerprint density at radius 3 is 2.57 bits per heavy atom. The van der Waals surface area contributed by atoms with Crippen LogP contribution in [0, 0.1) is 0 Å². The van der Waals surface area contributed by atoms with E-state index in [1.165, 1.54) is 0 Å². The SMILES string of the molecule is C[n+]1cc2ccccc2cc1C(=O)O. The van der Waals surface area contributed by atoms with Gasteiger partial charge < -0.3 is 5.11 Å². The van der Waals surface area contributed by atoms with Crippen LogP contribution in [0.3, 0.4) is 0 Å². The molecule has 3 heteroatoms. The smallest absolute Gasteiger partial charge is 0.401 e. The first-order chi connectivity index (χ1) is 6.68. The van der Waals surface area contributed by atoms with Gasteiger partial charge in [-0.25, -0.2) is 4.79 Å². The molecule has 0 aliphatic rings. The van der Waals surface area contributed by atoms with Gasteiger partial charge in [0.05, 0.1) is 0 Å². The predicted molar refractivity (Wildman–Crippen MR) is 52.1 cm³/mol. The van der Waals surface area contributed by atoms with Crippen molar-refractivity contribution < 1.29 is 14.5 Å². The largest absolute Gasteiger partial charge is 0.473 e. The lowest BCUT2D eigenvalue weighted by Crippen LogP contribution is -2.35. The van der Waals surface area contributed by atoms with Gasteiger partial charge in [-0.1, -0.05) is 18.2 Å². The Labute approximate surface area is 81.2 Å². The van der Waals surface area contributed by atoms with Gasteiger partial charge in [-0.2, -0.15) is 4.57 Å². The quantitative estimate of drug-likeness (QED) is 0.686. The number of nitrogens with zero attached hydrogens (tertiary/aromatic N) is 1. The highest BCUT2D eigenvalue weighted by Gasteiger charge is 2.15. The molecule has 0 aliphatic heterocycles. The van der Waals surface area contributed by atoms with Gasteiger partial charge >= 0.3 is 5.97 Å². The van der Waals surface area contributed by atoms with E-state index in [-0.39, 0.29) is 0 Å². The highest BCUT2D eigenvalue weighted by molar-refractivity contribution is 5.90. The van der Waals surface area contributed by atoms with Crippen molar-refractivity contribution >= 4 is 16.7 Å². The van der Waals surface area contributed by atoms with Crippen LogP contribution in [0.5, 0.6) is 0 Å². The minimum absolute atomic E-state index is 0.295. The van der Waals surface area contributed by atoms with Gasteiger partial charge in [0.2, 0.25) is 0 Å². The van der Waals surface area contributed by atoms with Crippen molar-refractivity contribution in [1.82, 2.24) is 0 Å². The number of hydrogen-bond acceptors (Lipinski definition) is 1. The van der Waals surface area contributed by atoms with Crippen LogP contribution >= 0.6 is 0 Å². The van der Waals surface area contributed by atoms with E-state index in [0.29, 0.717) is 5.69 Å². The van der Waals surface area contributed by atoms with E-state index in [0.717, 1.165) is 10.8 Å². The average molecular weight is 188 g/mol. The maximum atomic E-state index is 10.8. The summed E-state index contributed by atoms with van der Waals surface area (Å²) in [7, 11) is 1.73. The fourth-order valence-corrected chi connectivity index (χ4v) is 1.50. The molecule has 0 atom stereocenters. The summed E-state index contributed by atoms with van der Waals surface area (Å²) in [5, 5.41) is 10.9. The molecule has 0 saturated heterocycles. The number of rotatable bonds is 1. The summed E-state index contributed by atoms with van der Waals surface area (Å²) in [5.74, 6) is -0.904. The molecule has 2 rings (SSSR count). The first-order valence-electron chi connectivity index (χ1n) is 4.30. The number of pyridine rings is 1. The molecule has 2 aromatic rings. The maximum Gasteiger partial charge on any atom is 0.401 e. The van der Waals surface area contributed by atoms with Crippen molar-refractivity contribution in [2.75, 3.05) is 0 Å². The lowest BCUT2D eigenvalue weighted by molar-refractivity contribution is -0.672. The van der Waals surface area contributed by atoms with E-state index in [9.17, 15) is 4.79 Å². The van der Waals surface area contributed by atoms with Crippen LogP contribution in [0.25, 0.3) is 10.8 Å². The number of hydrogen-bond donors (Lipinski definition) is 1. The molecule has 0 spiro atoms. The summed E-state index contributed by atoms with van der Waals surface area (Å²) in [4.78, 5) is 10.8. The van der Waals surface area contributed by atoms with Gasteiger partial charge in [0.25, 0.3) is 5.69 Å². The molecule has 0 saturated carbocycles. The second kappa shape index (κ2) is 3.10. The number of aryl methyl sites for hydroxylation is 1. The fourth-order valence-electron chi connectivity index (χ4n) is 1.50. The summed E-state index contributed by atoms with van der Waals surface area (Å²) in [6.45, 7) is 0. The first-order valence-corrected chi connectivity index (χ1v) is 4.30. The van der Waals surface area contributed by atoms with Crippen LogP contribution in [0.1, 0.15) is 10.5 Å². The number of aromatic carboxylic acids is 1. The molecular formula is C11H10NO2+. The molecule has 14 heavy (non-hydrogen) atoms. The van der Waals surface area contributed by atoms with E-state index in [2.05, 4.69) is 0 Å². The van der Waals surface area contributed by atoms with Crippen LogP contribution in [-0.2, 0) is 7.05 Å². The van der Waals surface area contributed by atoms with Crippen molar-refractivity contribution in [3.8, 4) is 0 Å². The predicted octanol–water partition coefficient (Wildman–Crippen LogP) is 1.36. The molecular weight excluding hydrogens is 178 g/mol. The van der Waals surface area contributed by atoms with Crippen molar-refractivity contribution in [1.29, 1.82) is 0 Å². The number of aromatic nitrogens is 1. The van der Waals surface area contributed by atoms with Gasteiger partial charge in [0, 0.05) is 11.5 Å². The molecule has 70 valence electrons. The molecule has 3 nitrogen and oxygen atoms in total. The zero-order valence-corrected chi connectivity index (χ0v) is 7.77. The number of carboxylic acids is 1. The summed E-state index contributed by atoms with van der Waals surface area (Å²) in [5.41, 5.74) is 0.295. The van der Waals surface area contributed by atoms with Crippen molar-refractivity contribution in [2.45, 2.75) is 0 Å². The second-order valence-corrected chi connectivity index (χ2v) is 3.20. The number of fused-ring (bicyclic) bond motifs is 1. The summed E-state index contributed by atoms with van der Waals surface area (Å²) < 4.78 is 1.62. The Kier molecular flexibility index (Phi) is 1.93. The number of benzene rings is 1. The van der Waals surface area contributed by atoms with Gasteiger partial charge in [-0.05, 0) is 11.5 Å². The van der Waals surface area contributed by atoms with Crippen LogP contribution in [-0.4, -0.2) is 11.1 Å². The number of carboxylic acid groups (broad SMARTS) is 1. The standard InChI is InChI=1S/C11H9NO2/c1-12-7-9-5-3-2-4-8(9)6-10(12)11(13)14/h2-7H,1H3/p+1. The minimum atomic E-state index is -0.904. The number of carbonyl (C=O) groups is 1. The molecule has 0 fully saturated rings. The maximum absolute atomic E-state index is 10.8. The molecule has 0 aliphatic carbocycles. The lowest BCUT2D eigenvalue weighted by atomic mass is 10.1. The third kappa shape index (κ3) is 1.33. The van der Waals surface area contributed by atoms with Crippen LogP contribution < -0.4 is 4.57 Å².